The van der Waals surface area contributed by atoms with E-state index in [2.05, 4.69) is 30.9 Å². The summed E-state index contributed by atoms with van der Waals surface area (Å²) in [6.45, 7) is 14.5. The van der Waals surface area contributed by atoms with Crippen LogP contribution in [0.15, 0.2) is 34.3 Å². The molecule has 0 saturated carbocycles. The van der Waals surface area contributed by atoms with E-state index in [1.54, 1.807) is 11.8 Å². The Morgan fingerprint density at radius 2 is 1.91 bits per heavy atom. The third-order valence-electron chi connectivity index (χ3n) is 5.66. The van der Waals surface area contributed by atoms with Crippen LogP contribution >= 0.6 is 7.87 Å². The van der Waals surface area contributed by atoms with Crippen molar-refractivity contribution in [1.82, 2.24) is 4.90 Å². The van der Waals surface area contributed by atoms with E-state index < -0.39 is 25.1 Å². The van der Waals surface area contributed by atoms with Crippen molar-refractivity contribution in [2.24, 2.45) is 15.6 Å². The van der Waals surface area contributed by atoms with Gasteiger partial charge in [0.25, 0.3) is 0 Å². The number of hydrogen-bond acceptors (Lipinski definition) is 6. The van der Waals surface area contributed by atoms with E-state index >= 15 is 0 Å². The Morgan fingerprint density at radius 3 is 2.47 bits per heavy atom. The molecule has 0 radical (unpaired) electrons. The molecule has 0 unspecified atom stereocenters. The number of aliphatic hydroxyl groups is 1. The molecule has 3 N–H and O–H groups in total. The van der Waals surface area contributed by atoms with Gasteiger partial charge in [0.15, 0.2) is 0 Å². The number of amides is 1. The quantitative estimate of drug-likeness (QED) is 0.562. The first-order chi connectivity index (χ1) is 14.7. The number of nitrogens with one attached hydrogen (secondary N) is 1. The summed E-state index contributed by atoms with van der Waals surface area (Å²) < 4.78 is 23.9. The number of fused-ring (bicyclic) bond motifs is 1. The van der Waals surface area contributed by atoms with Crippen LogP contribution in [0, 0.1) is 16.6 Å². The van der Waals surface area contributed by atoms with Gasteiger partial charge in [0.1, 0.15) is 0 Å². The zero-order chi connectivity index (χ0) is 24.1. The van der Waals surface area contributed by atoms with Gasteiger partial charge >= 0.3 is 190 Å². The minimum atomic E-state index is -3.95. The summed E-state index contributed by atoms with van der Waals surface area (Å²) in [5, 5.41) is 14.5. The monoisotopic (exact) mass is 467 g/mol. The molecule has 1 amide bonds. The first-order valence-electron chi connectivity index (χ1n) is 11.0. The molecule has 0 spiro atoms. The van der Waals surface area contributed by atoms with Gasteiger partial charge < -0.3 is 0 Å². The van der Waals surface area contributed by atoms with Crippen molar-refractivity contribution in [2.45, 2.75) is 60.9 Å². The Bertz CT molecular complexity index is 980. The fourth-order valence-electron chi connectivity index (χ4n) is 4.13. The van der Waals surface area contributed by atoms with Gasteiger partial charge in [0.05, 0.1) is 0 Å². The summed E-state index contributed by atoms with van der Waals surface area (Å²) in [7, 11) is -3.95. The molecule has 0 aliphatic carbocycles. The second kappa shape index (κ2) is 8.40. The topological polar surface area (TPSA) is 94.4 Å². The maximum absolute atomic E-state index is 13.9. The van der Waals surface area contributed by atoms with E-state index in [0.717, 1.165) is 6.42 Å². The van der Waals surface area contributed by atoms with E-state index in [1.807, 2.05) is 20.8 Å². The third-order valence-corrected chi connectivity index (χ3v) is 7.99. The molecule has 2 aliphatic rings. The molecule has 32 heavy (non-hydrogen) atoms. The maximum atomic E-state index is 13.9. The predicted molar refractivity (Wildman–Crippen MR) is 128 cm³/mol. The second-order valence-electron chi connectivity index (χ2n) is 10.7. The second-order valence-corrected chi connectivity index (χ2v) is 12.9. The van der Waals surface area contributed by atoms with Crippen molar-refractivity contribution in [1.29, 1.82) is 0 Å². The Hall–Kier alpha value is -2.02. The molecule has 0 saturated heterocycles. The van der Waals surface area contributed by atoms with Crippen LogP contribution in [0.25, 0.3) is 0 Å². The zero-order valence-corrected chi connectivity index (χ0v) is 20.9. The number of benzene rings is 1. The molecule has 0 aromatic heterocycles. The predicted octanol–water partition coefficient (Wildman–Crippen LogP) is 4.30. The van der Waals surface area contributed by atoms with Crippen LogP contribution in [-0.4, -0.2) is 45.8 Å². The molecule has 0 bridgehead atoms. The van der Waals surface area contributed by atoms with Crippen molar-refractivity contribution >= 4 is 30.6 Å². The van der Waals surface area contributed by atoms with Gasteiger partial charge in [-0.05, 0) is 0 Å². The molecule has 178 valence electrons. The number of carbonyl (C=O) groups is 1. The molecule has 1 aromatic carbocycles. The average molecular weight is 468 g/mol. The van der Waals surface area contributed by atoms with Crippen molar-refractivity contribution in [3.63, 3.8) is 0 Å². The number of amidine groups is 1. The van der Waals surface area contributed by atoms with Gasteiger partial charge in [-0.15, -0.1) is 0 Å². The SMILES string of the molecule is CCO[PH]1(O)N=C(C2=C(O)[C@H](C(C)(C)C)N(CCC(C)(C)C)C2=O)Nc2ccc(F)cc21. The molecule has 3 rings (SSSR count). The van der Waals surface area contributed by atoms with Crippen LogP contribution in [0.1, 0.15) is 54.9 Å². The molecule has 2 aliphatic heterocycles. The summed E-state index contributed by atoms with van der Waals surface area (Å²) in [6, 6.07) is 3.40. The van der Waals surface area contributed by atoms with Crippen LogP contribution in [-0.2, 0) is 9.32 Å². The zero-order valence-electron chi connectivity index (χ0n) is 19.9. The van der Waals surface area contributed by atoms with Gasteiger partial charge in [-0.3, -0.25) is 0 Å². The van der Waals surface area contributed by atoms with Crippen molar-refractivity contribution in [2.75, 3.05) is 18.5 Å². The summed E-state index contributed by atoms with van der Waals surface area (Å²) in [5.74, 6) is -0.894. The molecule has 7 nitrogen and oxygen atoms in total. The van der Waals surface area contributed by atoms with Crippen molar-refractivity contribution in [3.8, 4) is 0 Å². The number of nitrogens with zero attached hydrogens (tertiary/aromatic N) is 2. The summed E-state index contributed by atoms with van der Waals surface area (Å²) in [4.78, 5) is 26.5. The van der Waals surface area contributed by atoms with Crippen molar-refractivity contribution in [3.05, 3.63) is 35.3 Å². The summed E-state index contributed by atoms with van der Waals surface area (Å²) >= 11 is 0. The number of carbonyl (C=O) groups excluding carboxylic acids is 1. The number of hydrogen-bond donors (Lipinski definition) is 3. The fraction of sp³-hybridized carbons (Fsp3) is 0.565. The Morgan fingerprint density at radius 1 is 1.25 bits per heavy atom. The van der Waals surface area contributed by atoms with Crippen LogP contribution < -0.4 is 10.6 Å². The number of halogens is 1. The molecule has 2 heterocycles. The first kappa shape index (κ1) is 24.6. The number of anilines is 1. The van der Waals surface area contributed by atoms with E-state index in [-0.39, 0.29) is 40.4 Å². The molecular formula is C23H35FN3O4P. The Balaban J connectivity index is 2.09. The van der Waals surface area contributed by atoms with Gasteiger partial charge in [-0.2, -0.15) is 0 Å². The van der Waals surface area contributed by atoms with E-state index in [0.29, 0.717) is 12.2 Å². The van der Waals surface area contributed by atoms with Crippen molar-refractivity contribution < 1.29 is 23.7 Å². The van der Waals surface area contributed by atoms with Gasteiger partial charge in [0.2, 0.25) is 0 Å². The fourth-order valence-corrected chi connectivity index (χ4v) is 6.17. The minimum absolute atomic E-state index is 0.00678. The third kappa shape index (κ3) is 4.68. The van der Waals surface area contributed by atoms with Gasteiger partial charge in [-0.1, -0.05) is 0 Å². The first-order valence-corrected chi connectivity index (χ1v) is 12.8. The summed E-state index contributed by atoms with van der Waals surface area (Å²) in [6.07, 6.45) is 0.755. The van der Waals surface area contributed by atoms with E-state index in [4.69, 9.17) is 4.52 Å². The van der Waals surface area contributed by atoms with Crippen LogP contribution in [0.5, 0.6) is 0 Å². The molecule has 9 heteroatoms. The van der Waals surface area contributed by atoms with Gasteiger partial charge in [-0.25, -0.2) is 0 Å². The van der Waals surface area contributed by atoms with Crippen LogP contribution in [0.2, 0.25) is 0 Å². The molecule has 0 fully saturated rings. The van der Waals surface area contributed by atoms with Crippen LogP contribution in [0.4, 0.5) is 10.1 Å². The van der Waals surface area contributed by atoms with Gasteiger partial charge in [0, 0.05) is 0 Å². The summed E-state index contributed by atoms with van der Waals surface area (Å²) in [5.41, 5.74) is 0.0165. The van der Waals surface area contributed by atoms with E-state index in [1.165, 1.54) is 18.2 Å². The Labute approximate surface area is 189 Å². The number of aliphatic hydroxyl groups excluding tert-OH is 1. The van der Waals surface area contributed by atoms with Crippen LogP contribution in [0.3, 0.4) is 0 Å². The standard InChI is InChI=1S/C23H35FN3O4P/c1-8-31-32(30)16-13-14(24)9-10-15(16)25-20(26-32)17-18(28)19(23(5,6)7)27(21(17)29)12-11-22(2,3)4/h9-10,13,19,28,30,32H,8,11-12H2,1-7H3,(H,25,26)/t19-/m1/s1. The normalized spacial score (nSPS) is 21.9. The number of rotatable bonds is 5. The average Bonchev–Trinajstić information content (AvgIpc) is 2.90. The molecular weight excluding hydrogens is 432 g/mol. The van der Waals surface area contributed by atoms with E-state index in [9.17, 15) is 19.2 Å². The molecule has 1 aromatic rings. The molecule has 1 atom stereocenters. The Kier molecular flexibility index (Phi) is 6.46.